The predicted octanol–water partition coefficient (Wildman–Crippen LogP) is 1.43. The molecule has 1 aliphatic heterocycles. The average molecular weight is 325 g/mol. The molecule has 0 unspecified atom stereocenters. The van der Waals surface area contributed by atoms with Crippen LogP contribution < -0.4 is 5.84 Å². The van der Waals surface area contributed by atoms with E-state index in [0.29, 0.717) is 12.8 Å². The van der Waals surface area contributed by atoms with E-state index in [9.17, 15) is 13.2 Å². The van der Waals surface area contributed by atoms with Gasteiger partial charge >= 0.3 is 6.09 Å². The molecule has 0 atom stereocenters. The summed E-state index contributed by atoms with van der Waals surface area (Å²) in [6.07, 6.45) is -0.202. The number of hydrogen-bond donors (Lipinski definition) is 2. The first kappa shape index (κ1) is 16.3. The van der Waals surface area contributed by atoms with Gasteiger partial charge in [-0.05, 0) is 31.9 Å². The summed E-state index contributed by atoms with van der Waals surface area (Å²) < 4.78 is 25.3. The Morgan fingerprint density at radius 2 is 1.82 bits per heavy atom. The lowest BCUT2D eigenvalue weighted by Gasteiger charge is -2.30. The van der Waals surface area contributed by atoms with Crippen LogP contribution in [-0.2, 0) is 9.84 Å². The van der Waals surface area contributed by atoms with Gasteiger partial charge in [-0.2, -0.15) is 5.10 Å². The number of nitrogens with two attached hydrogens (primary N) is 1. The van der Waals surface area contributed by atoms with Crippen LogP contribution in [0.4, 0.5) is 4.79 Å². The van der Waals surface area contributed by atoms with E-state index in [1.807, 2.05) is 6.92 Å². The molecular weight excluding hydrogens is 306 g/mol. The Morgan fingerprint density at radius 3 is 2.27 bits per heavy atom. The summed E-state index contributed by atoms with van der Waals surface area (Å²) in [6.45, 7) is 2.43. The first-order valence-electron chi connectivity index (χ1n) is 6.93. The zero-order valence-corrected chi connectivity index (χ0v) is 13.1. The van der Waals surface area contributed by atoms with Crippen LogP contribution >= 0.6 is 0 Å². The molecule has 0 aromatic heterocycles. The largest absolute Gasteiger partial charge is 0.465 e. The first-order valence-corrected chi connectivity index (χ1v) is 8.42. The van der Waals surface area contributed by atoms with E-state index in [1.165, 1.54) is 17.0 Å². The molecule has 1 aromatic rings. The molecule has 8 heteroatoms. The number of amides is 1. The van der Waals surface area contributed by atoms with Crippen molar-refractivity contribution in [3.8, 4) is 0 Å². The third-order valence-electron chi connectivity index (χ3n) is 3.85. The fraction of sp³-hybridized carbons (Fsp3) is 0.429. The van der Waals surface area contributed by atoms with Gasteiger partial charge in [-0.1, -0.05) is 17.7 Å². The molecule has 1 fully saturated rings. The van der Waals surface area contributed by atoms with Crippen LogP contribution in [-0.4, -0.2) is 42.7 Å². The highest BCUT2D eigenvalue weighted by Gasteiger charge is 2.33. The molecule has 120 valence electrons. The lowest BCUT2D eigenvalue weighted by molar-refractivity contribution is 0.131. The van der Waals surface area contributed by atoms with Crippen molar-refractivity contribution in [1.29, 1.82) is 0 Å². The van der Waals surface area contributed by atoms with Gasteiger partial charge in [0.2, 0.25) is 9.84 Å². The molecular formula is C14H19N3O4S. The summed E-state index contributed by atoms with van der Waals surface area (Å²) in [5.41, 5.74) is 0.958. The van der Waals surface area contributed by atoms with E-state index in [0.717, 1.165) is 5.56 Å². The minimum atomic E-state index is -3.75. The summed E-state index contributed by atoms with van der Waals surface area (Å²) in [6, 6.07) is 6.49. The van der Waals surface area contributed by atoms with Crippen molar-refractivity contribution in [3.05, 3.63) is 29.8 Å². The minimum absolute atomic E-state index is 0.0682. The number of rotatable bonds is 2. The Labute approximate surface area is 129 Å². The zero-order valence-electron chi connectivity index (χ0n) is 12.3. The van der Waals surface area contributed by atoms with Crippen LogP contribution in [0.15, 0.2) is 34.3 Å². The van der Waals surface area contributed by atoms with Gasteiger partial charge in [0.15, 0.2) is 5.04 Å². The number of likely N-dealkylation sites (tertiary alicyclic amines) is 1. The number of piperidine rings is 1. The molecule has 7 nitrogen and oxygen atoms in total. The van der Waals surface area contributed by atoms with E-state index in [2.05, 4.69) is 5.10 Å². The fourth-order valence-corrected chi connectivity index (χ4v) is 4.10. The van der Waals surface area contributed by atoms with Crippen LogP contribution in [0.1, 0.15) is 18.4 Å². The quantitative estimate of drug-likeness (QED) is 0.369. The van der Waals surface area contributed by atoms with Crippen molar-refractivity contribution in [2.45, 2.75) is 24.7 Å². The molecule has 1 heterocycles. The van der Waals surface area contributed by atoms with Gasteiger partial charge in [-0.15, -0.1) is 0 Å². The normalized spacial score (nSPS) is 17.5. The van der Waals surface area contributed by atoms with E-state index < -0.39 is 15.9 Å². The number of carbonyl (C=O) groups is 1. The molecule has 0 saturated carbocycles. The van der Waals surface area contributed by atoms with E-state index >= 15 is 0 Å². The summed E-state index contributed by atoms with van der Waals surface area (Å²) in [5.74, 6) is 4.98. The molecule has 1 aromatic carbocycles. The molecule has 3 N–H and O–H groups in total. The van der Waals surface area contributed by atoms with Crippen molar-refractivity contribution in [2.24, 2.45) is 16.9 Å². The van der Waals surface area contributed by atoms with Gasteiger partial charge < -0.3 is 15.8 Å². The number of aryl methyl sites for hydroxylation is 1. The lowest BCUT2D eigenvalue weighted by atomic mass is 9.98. The summed E-state index contributed by atoms with van der Waals surface area (Å²) in [7, 11) is -3.75. The van der Waals surface area contributed by atoms with Crippen LogP contribution in [0.5, 0.6) is 0 Å². The molecule has 0 spiro atoms. The zero-order chi connectivity index (χ0) is 16.3. The van der Waals surface area contributed by atoms with Gasteiger partial charge in [0.1, 0.15) is 0 Å². The van der Waals surface area contributed by atoms with Gasteiger partial charge in [0.25, 0.3) is 0 Å². The second kappa shape index (κ2) is 6.35. The molecule has 1 amide bonds. The highest BCUT2D eigenvalue weighted by Crippen LogP contribution is 2.25. The second-order valence-corrected chi connectivity index (χ2v) is 7.22. The van der Waals surface area contributed by atoms with Crippen LogP contribution in [0, 0.1) is 12.8 Å². The van der Waals surface area contributed by atoms with Crippen LogP contribution in [0.2, 0.25) is 0 Å². The molecule has 1 aliphatic rings. The van der Waals surface area contributed by atoms with Crippen molar-refractivity contribution in [2.75, 3.05) is 13.1 Å². The maximum atomic E-state index is 12.6. The van der Waals surface area contributed by atoms with E-state index in [4.69, 9.17) is 10.9 Å². The number of hydrazone groups is 1. The standard InChI is InChI=1S/C14H19N3O4S/c1-10-2-4-12(5-3-10)22(20,21)13(16-15)11-6-8-17(9-7-11)14(18)19/h2-5,11H,6-9,15H2,1H3,(H,18,19). The molecule has 0 aliphatic carbocycles. The maximum absolute atomic E-state index is 12.6. The lowest BCUT2D eigenvalue weighted by Crippen LogP contribution is -2.41. The van der Waals surface area contributed by atoms with Crippen molar-refractivity contribution in [1.82, 2.24) is 4.90 Å². The number of sulfone groups is 1. The first-order chi connectivity index (χ1) is 10.4. The van der Waals surface area contributed by atoms with Crippen molar-refractivity contribution in [3.63, 3.8) is 0 Å². The average Bonchev–Trinajstić information content (AvgIpc) is 2.48. The molecule has 2 rings (SSSR count). The molecule has 0 radical (unpaired) electrons. The minimum Gasteiger partial charge on any atom is -0.465 e. The smallest absolute Gasteiger partial charge is 0.407 e. The third-order valence-corrected chi connectivity index (χ3v) is 5.73. The second-order valence-electron chi connectivity index (χ2n) is 5.33. The monoisotopic (exact) mass is 325 g/mol. The van der Waals surface area contributed by atoms with E-state index in [-0.39, 0.29) is 28.9 Å². The fourth-order valence-electron chi connectivity index (χ4n) is 2.55. The van der Waals surface area contributed by atoms with Gasteiger partial charge in [0, 0.05) is 19.0 Å². The van der Waals surface area contributed by atoms with Crippen LogP contribution in [0.25, 0.3) is 0 Å². The van der Waals surface area contributed by atoms with Crippen molar-refractivity contribution < 1.29 is 18.3 Å². The van der Waals surface area contributed by atoms with Gasteiger partial charge in [-0.3, -0.25) is 0 Å². The van der Waals surface area contributed by atoms with E-state index in [1.54, 1.807) is 12.1 Å². The highest BCUT2D eigenvalue weighted by molar-refractivity contribution is 8.06. The summed E-state index contributed by atoms with van der Waals surface area (Å²) in [4.78, 5) is 12.3. The Kier molecular flexibility index (Phi) is 4.70. The maximum Gasteiger partial charge on any atom is 0.407 e. The van der Waals surface area contributed by atoms with Gasteiger partial charge in [0.05, 0.1) is 4.90 Å². The number of nitrogens with zero attached hydrogens (tertiary/aromatic N) is 2. The summed E-state index contributed by atoms with van der Waals surface area (Å²) >= 11 is 0. The van der Waals surface area contributed by atoms with Gasteiger partial charge in [-0.25, -0.2) is 13.2 Å². The highest BCUT2D eigenvalue weighted by atomic mass is 32.2. The predicted molar refractivity (Wildman–Crippen MR) is 82.3 cm³/mol. The Balaban J connectivity index is 2.22. The number of benzene rings is 1. The summed E-state index contributed by atoms with van der Waals surface area (Å²) in [5, 5.41) is 12.4. The SMILES string of the molecule is Cc1ccc(S(=O)(=O)C(=NN)C2CCN(C(=O)O)CC2)cc1. The molecule has 0 bridgehead atoms. The van der Waals surface area contributed by atoms with Crippen molar-refractivity contribution >= 4 is 21.0 Å². The Morgan fingerprint density at radius 1 is 1.27 bits per heavy atom. The number of carboxylic acid groups (broad SMARTS) is 1. The molecule has 22 heavy (non-hydrogen) atoms. The number of hydrogen-bond acceptors (Lipinski definition) is 5. The Hall–Kier alpha value is -2.09. The Bertz CT molecular complexity index is 675. The van der Waals surface area contributed by atoms with Crippen LogP contribution in [0.3, 0.4) is 0 Å². The third kappa shape index (κ3) is 3.22. The molecule has 1 saturated heterocycles. The topological polar surface area (TPSA) is 113 Å².